The fraction of sp³-hybridized carbons (Fsp3) is 0.583. The van der Waals surface area contributed by atoms with Gasteiger partial charge >= 0.3 is 0 Å². The summed E-state index contributed by atoms with van der Waals surface area (Å²) in [7, 11) is 0. The summed E-state index contributed by atoms with van der Waals surface area (Å²) in [6, 6.07) is 1.98. The Kier molecular flexibility index (Phi) is 3.93. The summed E-state index contributed by atoms with van der Waals surface area (Å²) in [5, 5.41) is 0. The molecule has 0 radical (unpaired) electrons. The molecule has 94 valence electrons. The zero-order valence-electron chi connectivity index (χ0n) is 10.1. The Labute approximate surface area is 102 Å². The number of rotatable bonds is 3. The Morgan fingerprint density at radius 1 is 1.59 bits per heavy atom. The predicted molar refractivity (Wildman–Crippen MR) is 67.0 cm³/mol. The van der Waals surface area contributed by atoms with Gasteiger partial charge in [0, 0.05) is 24.3 Å². The number of hydrogen-bond donors (Lipinski definition) is 3. The van der Waals surface area contributed by atoms with E-state index in [1.54, 1.807) is 6.20 Å². The first kappa shape index (κ1) is 12.3. The molecule has 5 nitrogen and oxygen atoms in total. The van der Waals surface area contributed by atoms with Crippen LogP contribution in [-0.2, 0) is 4.74 Å². The van der Waals surface area contributed by atoms with Crippen LogP contribution in [0.5, 0.6) is 0 Å². The van der Waals surface area contributed by atoms with Crippen molar-refractivity contribution < 1.29 is 4.74 Å². The van der Waals surface area contributed by atoms with Gasteiger partial charge in [-0.05, 0) is 31.4 Å². The van der Waals surface area contributed by atoms with Gasteiger partial charge in [-0.15, -0.1) is 0 Å². The monoisotopic (exact) mass is 236 g/mol. The molecule has 0 aromatic carbocycles. The lowest BCUT2D eigenvalue weighted by Crippen LogP contribution is -2.38. The van der Waals surface area contributed by atoms with E-state index in [-0.39, 0.29) is 6.04 Å². The van der Waals surface area contributed by atoms with Crippen LogP contribution >= 0.6 is 0 Å². The summed E-state index contributed by atoms with van der Waals surface area (Å²) in [5.74, 6) is 6.60. The number of aryl methyl sites for hydroxylation is 1. The van der Waals surface area contributed by atoms with Gasteiger partial charge in [0.05, 0.1) is 12.6 Å². The maximum Gasteiger partial charge on any atom is 0.128 e. The maximum absolute atomic E-state index is 5.96. The van der Waals surface area contributed by atoms with Gasteiger partial charge in [0.25, 0.3) is 0 Å². The molecule has 0 saturated carbocycles. The number of nitrogens with zero attached hydrogens (tertiary/aromatic N) is 1. The van der Waals surface area contributed by atoms with Crippen LogP contribution < -0.4 is 17.0 Å². The molecular weight excluding hydrogens is 216 g/mol. The number of pyridine rings is 1. The number of anilines is 1. The van der Waals surface area contributed by atoms with Gasteiger partial charge in [-0.2, -0.15) is 0 Å². The van der Waals surface area contributed by atoms with E-state index in [0.717, 1.165) is 37.2 Å². The summed E-state index contributed by atoms with van der Waals surface area (Å²) in [6.45, 7) is 3.60. The van der Waals surface area contributed by atoms with E-state index in [1.165, 1.54) is 0 Å². The minimum absolute atomic E-state index is 0.0176. The van der Waals surface area contributed by atoms with Gasteiger partial charge in [0.15, 0.2) is 0 Å². The Morgan fingerprint density at radius 2 is 2.41 bits per heavy atom. The summed E-state index contributed by atoms with van der Waals surface area (Å²) >= 11 is 0. The predicted octanol–water partition coefficient (Wildman–Crippen LogP) is 0.903. The summed E-state index contributed by atoms with van der Waals surface area (Å²) in [4.78, 5) is 4.15. The number of nitrogens with one attached hydrogen (secondary N) is 1. The first-order valence-electron chi connectivity index (χ1n) is 5.99. The lowest BCUT2D eigenvalue weighted by atomic mass is 9.87. The van der Waals surface area contributed by atoms with E-state index >= 15 is 0 Å². The Balaban J connectivity index is 2.27. The van der Waals surface area contributed by atoms with Crippen LogP contribution in [0.2, 0.25) is 0 Å². The van der Waals surface area contributed by atoms with Crippen molar-refractivity contribution in [2.24, 2.45) is 11.8 Å². The molecule has 2 rings (SSSR count). The highest BCUT2D eigenvalue weighted by Gasteiger charge is 2.27. The molecule has 1 fully saturated rings. The van der Waals surface area contributed by atoms with Gasteiger partial charge in [0.1, 0.15) is 5.82 Å². The number of hydrogen-bond acceptors (Lipinski definition) is 5. The van der Waals surface area contributed by atoms with Crippen LogP contribution in [-0.4, -0.2) is 18.2 Å². The van der Waals surface area contributed by atoms with Crippen LogP contribution in [0.15, 0.2) is 12.3 Å². The van der Waals surface area contributed by atoms with Gasteiger partial charge in [-0.3, -0.25) is 11.3 Å². The van der Waals surface area contributed by atoms with Crippen molar-refractivity contribution in [2.75, 3.05) is 18.9 Å². The third kappa shape index (κ3) is 2.57. The Hall–Kier alpha value is -1.17. The molecule has 2 atom stereocenters. The van der Waals surface area contributed by atoms with Crippen LogP contribution in [0, 0.1) is 12.8 Å². The number of aromatic nitrogens is 1. The van der Waals surface area contributed by atoms with Gasteiger partial charge < -0.3 is 10.5 Å². The molecule has 1 saturated heterocycles. The SMILES string of the molecule is Cc1ccnc(N)c1C(NN)C1CCCOC1. The highest BCUT2D eigenvalue weighted by atomic mass is 16.5. The molecule has 2 heterocycles. The maximum atomic E-state index is 5.96. The van der Waals surface area contributed by atoms with Crippen LogP contribution in [0.25, 0.3) is 0 Å². The normalized spacial score (nSPS) is 22.4. The number of ether oxygens (including phenoxy) is 1. The fourth-order valence-electron chi connectivity index (χ4n) is 2.48. The third-order valence-corrected chi connectivity index (χ3v) is 3.40. The zero-order valence-corrected chi connectivity index (χ0v) is 10.1. The van der Waals surface area contributed by atoms with Crippen molar-refractivity contribution in [3.8, 4) is 0 Å². The zero-order chi connectivity index (χ0) is 12.3. The van der Waals surface area contributed by atoms with Crippen molar-refractivity contribution in [2.45, 2.75) is 25.8 Å². The standard InChI is InChI=1S/C12H20N4O/c1-8-4-5-15-12(13)10(8)11(16-14)9-3-2-6-17-7-9/h4-5,9,11,16H,2-3,6-7,14H2,1H3,(H2,13,15). The van der Waals surface area contributed by atoms with Crippen LogP contribution in [0.3, 0.4) is 0 Å². The van der Waals surface area contributed by atoms with Gasteiger partial charge in [-0.1, -0.05) is 0 Å². The molecule has 0 aliphatic carbocycles. The lowest BCUT2D eigenvalue weighted by Gasteiger charge is -2.31. The minimum atomic E-state index is 0.0176. The molecule has 1 aliphatic rings. The fourth-order valence-corrected chi connectivity index (χ4v) is 2.48. The second-order valence-electron chi connectivity index (χ2n) is 4.55. The molecule has 1 aliphatic heterocycles. The van der Waals surface area contributed by atoms with E-state index in [1.807, 2.05) is 13.0 Å². The van der Waals surface area contributed by atoms with Crippen molar-refractivity contribution in [3.63, 3.8) is 0 Å². The van der Waals surface area contributed by atoms with Gasteiger partial charge in [-0.25, -0.2) is 4.98 Å². The van der Waals surface area contributed by atoms with E-state index in [4.69, 9.17) is 16.3 Å². The second kappa shape index (κ2) is 5.44. The summed E-state index contributed by atoms with van der Waals surface area (Å²) in [6.07, 6.45) is 3.89. The highest BCUT2D eigenvalue weighted by Crippen LogP contribution is 2.32. The largest absolute Gasteiger partial charge is 0.383 e. The molecule has 2 unspecified atom stereocenters. The molecule has 0 amide bonds. The van der Waals surface area contributed by atoms with Gasteiger partial charge in [0.2, 0.25) is 0 Å². The quantitative estimate of drug-likeness (QED) is 0.536. The topological polar surface area (TPSA) is 86.2 Å². The van der Waals surface area contributed by atoms with E-state index in [0.29, 0.717) is 11.7 Å². The van der Waals surface area contributed by atoms with Crippen LogP contribution in [0.1, 0.15) is 30.0 Å². The number of nitrogen functional groups attached to an aromatic ring is 1. The molecular formula is C12H20N4O. The van der Waals surface area contributed by atoms with E-state index in [9.17, 15) is 0 Å². The average molecular weight is 236 g/mol. The first-order valence-corrected chi connectivity index (χ1v) is 5.99. The minimum Gasteiger partial charge on any atom is -0.383 e. The van der Waals surface area contributed by atoms with Crippen molar-refractivity contribution >= 4 is 5.82 Å². The number of nitrogens with two attached hydrogens (primary N) is 2. The van der Waals surface area contributed by atoms with E-state index in [2.05, 4.69) is 10.4 Å². The van der Waals surface area contributed by atoms with E-state index < -0.39 is 0 Å². The van der Waals surface area contributed by atoms with Crippen molar-refractivity contribution in [3.05, 3.63) is 23.4 Å². The average Bonchev–Trinajstić information content (AvgIpc) is 2.35. The molecule has 5 N–H and O–H groups in total. The molecule has 1 aromatic heterocycles. The number of hydrazine groups is 1. The molecule has 0 spiro atoms. The summed E-state index contributed by atoms with van der Waals surface area (Å²) in [5.41, 5.74) is 10.9. The molecule has 1 aromatic rings. The molecule has 5 heteroatoms. The lowest BCUT2D eigenvalue weighted by molar-refractivity contribution is 0.0390. The van der Waals surface area contributed by atoms with Crippen LogP contribution in [0.4, 0.5) is 5.82 Å². The summed E-state index contributed by atoms with van der Waals surface area (Å²) < 4.78 is 5.51. The second-order valence-corrected chi connectivity index (χ2v) is 4.55. The molecule has 0 bridgehead atoms. The first-order chi connectivity index (χ1) is 8.24. The smallest absolute Gasteiger partial charge is 0.128 e. The van der Waals surface area contributed by atoms with Crippen molar-refractivity contribution in [1.29, 1.82) is 0 Å². The third-order valence-electron chi connectivity index (χ3n) is 3.40. The van der Waals surface area contributed by atoms with Crippen molar-refractivity contribution in [1.82, 2.24) is 10.4 Å². The molecule has 17 heavy (non-hydrogen) atoms. The highest BCUT2D eigenvalue weighted by molar-refractivity contribution is 5.46. The Morgan fingerprint density at radius 3 is 3.00 bits per heavy atom. The Bertz CT molecular complexity index is 357.